The number of ether oxygens (including phenoxy) is 1. The van der Waals surface area contributed by atoms with E-state index in [1.54, 1.807) is 25.7 Å². The maximum absolute atomic E-state index is 5.50. The van der Waals surface area contributed by atoms with Crippen LogP contribution in [0, 0.1) is 23.7 Å². The summed E-state index contributed by atoms with van der Waals surface area (Å²) in [5, 5.41) is 0. The van der Waals surface area contributed by atoms with Gasteiger partial charge in [0.1, 0.15) is 0 Å². The van der Waals surface area contributed by atoms with E-state index in [0.717, 1.165) is 36.9 Å². The molecule has 0 aromatic rings. The second kappa shape index (κ2) is 13.2. The van der Waals surface area contributed by atoms with Crippen LogP contribution >= 0.6 is 0 Å². The van der Waals surface area contributed by atoms with Crippen molar-refractivity contribution < 1.29 is 4.74 Å². The summed E-state index contributed by atoms with van der Waals surface area (Å²) in [6.45, 7) is 6.29. The maximum Gasteiger partial charge on any atom is 0.0465 e. The van der Waals surface area contributed by atoms with Crippen molar-refractivity contribution >= 4 is 0 Å². The topological polar surface area (TPSA) is 9.23 Å². The number of hydrogen-bond acceptors (Lipinski definition) is 1. The molecular formula is C24H46O. The molecule has 0 aliphatic heterocycles. The fourth-order valence-electron chi connectivity index (χ4n) is 5.55. The number of rotatable bonds is 12. The van der Waals surface area contributed by atoms with Gasteiger partial charge in [0.15, 0.2) is 0 Å². The van der Waals surface area contributed by atoms with Crippen LogP contribution in [0.15, 0.2) is 0 Å². The monoisotopic (exact) mass is 350 g/mol. The molecule has 0 bridgehead atoms. The molecule has 2 rings (SSSR count). The van der Waals surface area contributed by atoms with E-state index < -0.39 is 0 Å². The minimum absolute atomic E-state index is 0.883. The Kier molecular flexibility index (Phi) is 11.2. The lowest BCUT2D eigenvalue weighted by Crippen LogP contribution is -2.26. The van der Waals surface area contributed by atoms with Crippen molar-refractivity contribution in [3.63, 3.8) is 0 Å². The van der Waals surface area contributed by atoms with Gasteiger partial charge in [-0.25, -0.2) is 0 Å². The second-order valence-electron chi connectivity index (χ2n) is 9.10. The molecule has 0 spiro atoms. The van der Waals surface area contributed by atoms with E-state index >= 15 is 0 Å². The van der Waals surface area contributed by atoms with Gasteiger partial charge in [-0.15, -0.1) is 0 Å². The van der Waals surface area contributed by atoms with Gasteiger partial charge in [-0.05, 0) is 69.1 Å². The van der Waals surface area contributed by atoms with Gasteiger partial charge in [-0.1, -0.05) is 71.1 Å². The molecule has 0 heterocycles. The van der Waals surface area contributed by atoms with Gasteiger partial charge in [-0.3, -0.25) is 0 Å². The van der Waals surface area contributed by atoms with E-state index in [-0.39, 0.29) is 0 Å². The summed E-state index contributed by atoms with van der Waals surface area (Å²) in [6, 6.07) is 0. The van der Waals surface area contributed by atoms with Gasteiger partial charge in [0, 0.05) is 13.2 Å². The Balaban J connectivity index is 1.52. The quantitative estimate of drug-likeness (QED) is 0.326. The van der Waals surface area contributed by atoms with Crippen LogP contribution in [-0.2, 0) is 4.74 Å². The molecule has 0 N–H and O–H groups in total. The first kappa shape index (κ1) is 21.3. The van der Waals surface area contributed by atoms with Crippen LogP contribution in [0.3, 0.4) is 0 Å². The second-order valence-corrected chi connectivity index (χ2v) is 9.10. The number of unbranched alkanes of at least 4 members (excludes halogenated alkanes) is 4. The van der Waals surface area contributed by atoms with Gasteiger partial charge >= 0.3 is 0 Å². The lowest BCUT2D eigenvalue weighted by atomic mass is 9.68. The summed E-state index contributed by atoms with van der Waals surface area (Å²) in [5.74, 6) is 4.25. The van der Waals surface area contributed by atoms with Crippen LogP contribution in [-0.4, -0.2) is 13.2 Å². The van der Waals surface area contributed by atoms with E-state index in [9.17, 15) is 0 Å². The van der Waals surface area contributed by atoms with Crippen LogP contribution in [0.25, 0.3) is 0 Å². The predicted octanol–water partition coefficient (Wildman–Crippen LogP) is 7.78. The first-order valence-electron chi connectivity index (χ1n) is 11.9. The summed E-state index contributed by atoms with van der Waals surface area (Å²) < 4.78 is 5.50. The Labute approximate surface area is 158 Å². The van der Waals surface area contributed by atoms with Gasteiger partial charge in [0.2, 0.25) is 0 Å². The van der Waals surface area contributed by atoms with E-state index in [0.29, 0.717) is 0 Å². The van der Waals surface area contributed by atoms with Crippen LogP contribution in [0.1, 0.15) is 117 Å². The SMILES string of the molecule is CCCCCCCC1CCC(C2CCC(CCCOCC)CC2)CC1. The zero-order chi connectivity index (χ0) is 17.7. The molecule has 0 atom stereocenters. The van der Waals surface area contributed by atoms with E-state index in [4.69, 9.17) is 4.74 Å². The molecule has 2 fully saturated rings. The minimum Gasteiger partial charge on any atom is -0.382 e. The Morgan fingerprint density at radius 3 is 1.64 bits per heavy atom. The van der Waals surface area contributed by atoms with Crippen molar-refractivity contribution in [3.05, 3.63) is 0 Å². The first-order valence-corrected chi connectivity index (χ1v) is 11.9. The van der Waals surface area contributed by atoms with Crippen molar-refractivity contribution in [1.29, 1.82) is 0 Å². The molecule has 0 radical (unpaired) electrons. The van der Waals surface area contributed by atoms with Crippen LogP contribution in [0.2, 0.25) is 0 Å². The van der Waals surface area contributed by atoms with Gasteiger partial charge < -0.3 is 4.74 Å². The molecule has 0 unspecified atom stereocenters. The smallest absolute Gasteiger partial charge is 0.0465 e. The largest absolute Gasteiger partial charge is 0.382 e. The molecule has 0 aromatic heterocycles. The average molecular weight is 351 g/mol. The third-order valence-electron chi connectivity index (χ3n) is 7.27. The zero-order valence-corrected chi connectivity index (χ0v) is 17.4. The fraction of sp³-hybridized carbons (Fsp3) is 1.00. The predicted molar refractivity (Wildman–Crippen MR) is 110 cm³/mol. The third-order valence-corrected chi connectivity index (χ3v) is 7.27. The Morgan fingerprint density at radius 2 is 1.12 bits per heavy atom. The molecule has 25 heavy (non-hydrogen) atoms. The van der Waals surface area contributed by atoms with E-state index in [2.05, 4.69) is 13.8 Å². The van der Waals surface area contributed by atoms with Crippen molar-refractivity contribution in [1.82, 2.24) is 0 Å². The fourth-order valence-corrected chi connectivity index (χ4v) is 5.55. The molecule has 0 amide bonds. The van der Waals surface area contributed by atoms with Gasteiger partial charge in [-0.2, -0.15) is 0 Å². The first-order chi connectivity index (χ1) is 12.3. The molecule has 2 aliphatic carbocycles. The normalized spacial score (nSPS) is 30.5. The van der Waals surface area contributed by atoms with Crippen molar-refractivity contribution in [2.45, 2.75) is 117 Å². The molecule has 148 valence electrons. The standard InChI is InChI=1S/C24H46O/c1-3-5-6-7-8-10-21-12-16-23(17-13-21)24-18-14-22(15-19-24)11-9-20-25-4-2/h21-24H,3-20H2,1-2H3. The molecule has 1 nitrogen and oxygen atoms in total. The summed E-state index contributed by atoms with van der Waals surface area (Å²) >= 11 is 0. The lowest BCUT2D eigenvalue weighted by Gasteiger charge is -2.38. The Morgan fingerprint density at radius 1 is 0.600 bits per heavy atom. The highest BCUT2D eigenvalue weighted by Gasteiger charge is 2.30. The lowest BCUT2D eigenvalue weighted by molar-refractivity contribution is 0.121. The Hall–Kier alpha value is -0.0400. The summed E-state index contributed by atoms with van der Waals surface area (Å²) in [4.78, 5) is 0. The van der Waals surface area contributed by atoms with Crippen LogP contribution in [0.4, 0.5) is 0 Å². The van der Waals surface area contributed by atoms with E-state index in [1.165, 1.54) is 77.0 Å². The maximum atomic E-state index is 5.50. The third kappa shape index (κ3) is 8.46. The highest BCUT2D eigenvalue weighted by molar-refractivity contribution is 4.82. The van der Waals surface area contributed by atoms with Crippen molar-refractivity contribution in [3.8, 4) is 0 Å². The summed E-state index contributed by atoms with van der Waals surface area (Å²) in [6.07, 6.45) is 23.8. The highest BCUT2D eigenvalue weighted by atomic mass is 16.5. The molecule has 1 heteroatoms. The highest BCUT2D eigenvalue weighted by Crippen LogP contribution is 2.43. The van der Waals surface area contributed by atoms with Gasteiger partial charge in [0.05, 0.1) is 0 Å². The van der Waals surface area contributed by atoms with Crippen LogP contribution in [0.5, 0.6) is 0 Å². The minimum atomic E-state index is 0.883. The summed E-state index contributed by atoms with van der Waals surface area (Å²) in [7, 11) is 0. The molecule has 2 aliphatic rings. The zero-order valence-electron chi connectivity index (χ0n) is 17.4. The van der Waals surface area contributed by atoms with Crippen molar-refractivity contribution in [2.75, 3.05) is 13.2 Å². The molecule has 2 saturated carbocycles. The Bertz CT molecular complexity index is 297. The van der Waals surface area contributed by atoms with Gasteiger partial charge in [0.25, 0.3) is 0 Å². The van der Waals surface area contributed by atoms with E-state index in [1.807, 2.05) is 0 Å². The molecule has 0 aromatic carbocycles. The molecule has 0 saturated heterocycles. The average Bonchev–Trinajstić information content (AvgIpc) is 2.66. The van der Waals surface area contributed by atoms with Crippen LogP contribution < -0.4 is 0 Å². The van der Waals surface area contributed by atoms with Crippen molar-refractivity contribution in [2.24, 2.45) is 23.7 Å². The molecular weight excluding hydrogens is 304 g/mol. The summed E-state index contributed by atoms with van der Waals surface area (Å²) in [5.41, 5.74) is 0. The number of hydrogen-bond donors (Lipinski definition) is 0.